The van der Waals surface area contributed by atoms with Crippen LogP contribution < -0.4 is 5.32 Å². The van der Waals surface area contributed by atoms with Crippen molar-refractivity contribution in [2.24, 2.45) is 0 Å². The summed E-state index contributed by atoms with van der Waals surface area (Å²) < 4.78 is 0.838. The number of carbonyl (C=O) groups excluding carboxylic acids is 1. The molecule has 1 unspecified atom stereocenters. The molecule has 6 nitrogen and oxygen atoms in total. The van der Waals surface area contributed by atoms with E-state index in [1.54, 1.807) is 12.4 Å². The first-order valence-electron chi connectivity index (χ1n) is 8.53. The van der Waals surface area contributed by atoms with Crippen LogP contribution in [0.25, 0.3) is 10.2 Å². The summed E-state index contributed by atoms with van der Waals surface area (Å²) in [5, 5.41) is 5.78. The maximum atomic E-state index is 12.9. The number of rotatable bonds is 4. The first-order valence-corrected chi connectivity index (χ1v) is 9.79. The number of carbonyl (C=O) groups is 1. The van der Waals surface area contributed by atoms with E-state index in [1.165, 1.54) is 11.3 Å². The maximum absolute atomic E-state index is 12.9. The second kappa shape index (κ2) is 7.17. The highest BCUT2D eigenvalue weighted by atomic mass is 35.5. The van der Waals surface area contributed by atoms with Crippen LogP contribution in [0.2, 0.25) is 5.02 Å². The van der Waals surface area contributed by atoms with Gasteiger partial charge < -0.3 is 10.2 Å². The van der Waals surface area contributed by atoms with Gasteiger partial charge in [0, 0.05) is 25.5 Å². The van der Waals surface area contributed by atoms with Crippen LogP contribution in [0, 0.1) is 0 Å². The van der Waals surface area contributed by atoms with Gasteiger partial charge in [0.05, 0.1) is 21.3 Å². The lowest BCUT2D eigenvalue weighted by atomic mass is 10.1. The number of halogens is 1. The van der Waals surface area contributed by atoms with Crippen molar-refractivity contribution in [3.8, 4) is 0 Å². The highest BCUT2D eigenvalue weighted by Gasteiger charge is 2.24. The molecule has 1 saturated heterocycles. The van der Waals surface area contributed by atoms with Crippen LogP contribution >= 0.6 is 22.9 Å². The fourth-order valence-electron chi connectivity index (χ4n) is 3.09. The summed E-state index contributed by atoms with van der Waals surface area (Å²) >= 11 is 7.52. The lowest BCUT2D eigenvalue weighted by Crippen LogP contribution is -2.28. The first kappa shape index (κ1) is 17.2. The fraction of sp³-hybridized carbons (Fsp3) is 0.333. The van der Waals surface area contributed by atoms with Gasteiger partial charge in [-0.1, -0.05) is 11.6 Å². The van der Waals surface area contributed by atoms with Crippen molar-refractivity contribution >= 4 is 45.0 Å². The van der Waals surface area contributed by atoms with Crippen molar-refractivity contribution < 1.29 is 4.79 Å². The number of hydrogen-bond donors (Lipinski definition) is 1. The number of likely N-dealkylation sites (tertiary alicyclic amines) is 1. The van der Waals surface area contributed by atoms with E-state index in [0.29, 0.717) is 16.7 Å². The molecule has 8 heteroatoms. The molecule has 1 aliphatic heterocycles. The van der Waals surface area contributed by atoms with Crippen molar-refractivity contribution in [1.29, 1.82) is 0 Å². The zero-order chi connectivity index (χ0) is 18.1. The topological polar surface area (TPSA) is 71.0 Å². The standard InChI is InChI=1S/C18H18ClN5OS/c1-11(12-8-13(19)10-20-9-12)21-18-22-14-4-7-26-16(14)15(23-18)17(25)24-5-2-3-6-24/h4,7-11H,2-3,5-6H2,1H3,(H,21,22,23). The Morgan fingerprint density at radius 1 is 1.31 bits per heavy atom. The van der Waals surface area contributed by atoms with E-state index in [1.807, 2.05) is 29.3 Å². The molecular weight excluding hydrogens is 370 g/mol. The van der Waals surface area contributed by atoms with Gasteiger partial charge in [0.15, 0.2) is 5.69 Å². The smallest absolute Gasteiger partial charge is 0.274 e. The Labute approximate surface area is 160 Å². The summed E-state index contributed by atoms with van der Waals surface area (Å²) in [5.41, 5.74) is 2.19. The van der Waals surface area contributed by atoms with E-state index in [4.69, 9.17) is 11.6 Å². The quantitative estimate of drug-likeness (QED) is 0.728. The highest BCUT2D eigenvalue weighted by molar-refractivity contribution is 7.17. The second-order valence-electron chi connectivity index (χ2n) is 6.33. The Hall–Kier alpha value is -2.25. The molecule has 0 saturated carbocycles. The van der Waals surface area contributed by atoms with Crippen LogP contribution in [0.4, 0.5) is 5.95 Å². The molecule has 0 aromatic carbocycles. The molecule has 0 radical (unpaired) electrons. The second-order valence-corrected chi connectivity index (χ2v) is 7.69. The van der Waals surface area contributed by atoms with Crippen molar-refractivity contribution in [2.45, 2.75) is 25.8 Å². The monoisotopic (exact) mass is 387 g/mol. The molecule has 0 spiro atoms. The molecule has 0 bridgehead atoms. The summed E-state index contributed by atoms with van der Waals surface area (Å²) in [5.74, 6) is 0.420. The predicted molar refractivity (Wildman–Crippen MR) is 104 cm³/mol. The number of nitrogens with one attached hydrogen (secondary N) is 1. The van der Waals surface area contributed by atoms with E-state index in [-0.39, 0.29) is 11.9 Å². The summed E-state index contributed by atoms with van der Waals surface area (Å²) in [4.78, 5) is 28.0. The van der Waals surface area contributed by atoms with Gasteiger partial charge in [0.2, 0.25) is 5.95 Å². The third-order valence-electron chi connectivity index (χ3n) is 4.47. The molecule has 1 amide bonds. The summed E-state index contributed by atoms with van der Waals surface area (Å²) in [6.07, 6.45) is 5.45. The molecule has 134 valence electrons. The maximum Gasteiger partial charge on any atom is 0.274 e. The number of pyridine rings is 1. The molecule has 1 fully saturated rings. The number of thiophene rings is 1. The minimum Gasteiger partial charge on any atom is -0.348 e. The van der Waals surface area contributed by atoms with Gasteiger partial charge in [-0.3, -0.25) is 9.78 Å². The van der Waals surface area contributed by atoms with Gasteiger partial charge in [-0.25, -0.2) is 9.97 Å². The summed E-state index contributed by atoms with van der Waals surface area (Å²) in [6.45, 7) is 3.57. The van der Waals surface area contributed by atoms with Gasteiger partial charge in [-0.05, 0) is 42.8 Å². The average Bonchev–Trinajstić information content (AvgIpc) is 3.32. The number of hydrogen-bond acceptors (Lipinski definition) is 6. The van der Waals surface area contributed by atoms with Gasteiger partial charge in [-0.2, -0.15) is 0 Å². The molecule has 26 heavy (non-hydrogen) atoms. The summed E-state index contributed by atoms with van der Waals surface area (Å²) in [7, 11) is 0. The van der Waals surface area contributed by atoms with Crippen molar-refractivity contribution in [2.75, 3.05) is 18.4 Å². The number of fused-ring (bicyclic) bond motifs is 1. The summed E-state index contributed by atoms with van der Waals surface area (Å²) in [6, 6.07) is 3.68. The fourth-order valence-corrected chi connectivity index (χ4v) is 4.08. The number of amides is 1. The van der Waals surface area contributed by atoms with Gasteiger partial charge in [-0.15, -0.1) is 11.3 Å². The van der Waals surface area contributed by atoms with Gasteiger partial charge >= 0.3 is 0 Å². The van der Waals surface area contributed by atoms with E-state index in [9.17, 15) is 4.79 Å². The van der Waals surface area contributed by atoms with E-state index in [0.717, 1.165) is 41.7 Å². The third-order valence-corrected chi connectivity index (χ3v) is 5.59. The van der Waals surface area contributed by atoms with E-state index in [2.05, 4.69) is 20.3 Å². The highest BCUT2D eigenvalue weighted by Crippen LogP contribution is 2.27. The largest absolute Gasteiger partial charge is 0.348 e. The minimum atomic E-state index is -0.0907. The predicted octanol–water partition coefficient (Wildman–Crippen LogP) is 4.15. The minimum absolute atomic E-state index is 0.0162. The van der Waals surface area contributed by atoms with Crippen molar-refractivity contribution in [3.63, 3.8) is 0 Å². The third kappa shape index (κ3) is 3.37. The van der Waals surface area contributed by atoms with Crippen LogP contribution in [0.3, 0.4) is 0 Å². The van der Waals surface area contributed by atoms with Crippen molar-refractivity contribution in [3.05, 3.63) is 46.2 Å². The zero-order valence-electron chi connectivity index (χ0n) is 14.3. The van der Waals surface area contributed by atoms with Crippen LogP contribution in [-0.2, 0) is 0 Å². The first-order chi connectivity index (χ1) is 12.6. The Bertz CT molecular complexity index is 954. The molecule has 1 N–H and O–H groups in total. The molecule has 1 aliphatic rings. The molecule has 3 aromatic rings. The van der Waals surface area contributed by atoms with Crippen molar-refractivity contribution in [1.82, 2.24) is 19.9 Å². The molecule has 0 aliphatic carbocycles. The van der Waals surface area contributed by atoms with Crippen LogP contribution in [0.15, 0.2) is 29.9 Å². The lowest BCUT2D eigenvalue weighted by Gasteiger charge is -2.17. The molecule has 4 rings (SSSR count). The molecule has 4 heterocycles. The van der Waals surface area contributed by atoms with Crippen LogP contribution in [-0.4, -0.2) is 38.8 Å². The Kier molecular flexibility index (Phi) is 4.74. The zero-order valence-corrected chi connectivity index (χ0v) is 15.8. The Morgan fingerprint density at radius 3 is 2.88 bits per heavy atom. The SMILES string of the molecule is CC(Nc1nc(C(=O)N2CCCC2)c2sccc2n1)c1cncc(Cl)c1. The molecule has 1 atom stereocenters. The Balaban J connectivity index is 1.66. The Morgan fingerprint density at radius 2 is 2.12 bits per heavy atom. The van der Waals surface area contributed by atoms with Gasteiger partial charge in [0.25, 0.3) is 5.91 Å². The number of nitrogens with zero attached hydrogens (tertiary/aromatic N) is 4. The van der Waals surface area contributed by atoms with Crippen LogP contribution in [0.5, 0.6) is 0 Å². The van der Waals surface area contributed by atoms with E-state index < -0.39 is 0 Å². The van der Waals surface area contributed by atoms with Crippen LogP contribution in [0.1, 0.15) is 41.9 Å². The normalized spacial score (nSPS) is 15.4. The van der Waals surface area contributed by atoms with E-state index >= 15 is 0 Å². The number of aromatic nitrogens is 3. The average molecular weight is 388 g/mol. The molecular formula is C18H18ClN5OS. The number of anilines is 1. The molecule has 3 aromatic heterocycles. The lowest BCUT2D eigenvalue weighted by molar-refractivity contribution is 0.0789. The van der Waals surface area contributed by atoms with Gasteiger partial charge in [0.1, 0.15) is 0 Å².